The smallest absolute Gasteiger partial charge is 0.261 e. The number of para-hydroxylation sites is 2. The monoisotopic (exact) mass is 329 g/mol. The lowest BCUT2D eigenvalue weighted by Crippen LogP contribution is -2.28. The molecule has 23 heavy (non-hydrogen) atoms. The van der Waals surface area contributed by atoms with E-state index in [4.69, 9.17) is 9.72 Å². The Kier molecular flexibility index (Phi) is 4.73. The normalized spacial score (nSPS) is 12.4. The van der Waals surface area contributed by atoms with Crippen LogP contribution >= 0.6 is 11.3 Å². The van der Waals surface area contributed by atoms with E-state index in [1.54, 1.807) is 7.11 Å². The Balaban J connectivity index is 1.89. The molecule has 3 aromatic rings. The van der Waals surface area contributed by atoms with E-state index in [-0.39, 0.29) is 11.9 Å². The molecule has 120 valence electrons. The first-order valence-electron chi connectivity index (χ1n) is 7.49. The van der Waals surface area contributed by atoms with Gasteiger partial charge in [0.1, 0.15) is 5.82 Å². The van der Waals surface area contributed by atoms with Crippen LogP contribution in [0.15, 0.2) is 41.8 Å². The van der Waals surface area contributed by atoms with Crippen molar-refractivity contribution in [3.05, 3.63) is 52.5 Å². The van der Waals surface area contributed by atoms with Gasteiger partial charge in [-0.1, -0.05) is 18.2 Å². The minimum Gasteiger partial charge on any atom is -0.383 e. The molecule has 2 aromatic heterocycles. The summed E-state index contributed by atoms with van der Waals surface area (Å²) in [6.07, 6.45) is 0. The number of carbonyl (C=O) groups is 1. The van der Waals surface area contributed by atoms with E-state index in [9.17, 15) is 4.79 Å². The van der Waals surface area contributed by atoms with Crippen LogP contribution in [-0.2, 0) is 11.3 Å². The maximum atomic E-state index is 12.3. The number of nitrogens with zero attached hydrogens (tertiary/aromatic N) is 2. The summed E-state index contributed by atoms with van der Waals surface area (Å²) in [6, 6.07) is 11.5. The third-order valence-electron chi connectivity index (χ3n) is 3.68. The molecule has 0 aliphatic heterocycles. The van der Waals surface area contributed by atoms with E-state index in [1.165, 1.54) is 11.3 Å². The number of carbonyl (C=O) groups excluding carboxylic acids is 1. The second-order valence-electron chi connectivity index (χ2n) is 5.28. The van der Waals surface area contributed by atoms with E-state index >= 15 is 0 Å². The van der Waals surface area contributed by atoms with Gasteiger partial charge in [0, 0.05) is 13.7 Å². The predicted octanol–water partition coefficient (Wildman–Crippen LogP) is 3.24. The van der Waals surface area contributed by atoms with Crippen LogP contribution in [0.2, 0.25) is 0 Å². The minimum absolute atomic E-state index is 0.0714. The number of methoxy groups -OCH3 is 1. The summed E-state index contributed by atoms with van der Waals surface area (Å²) >= 11 is 1.43. The molecule has 0 fully saturated rings. The fourth-order valence-electron chi connectivity index (χ4n) is 2.58. The molecule has 1 N–H and O–H groups in total. The predicted molar refractivity (Wildman–Crippen MR) is 91.8 cm³/mol. The van der Waals surface area contributed by atoms with Gasteiger partial charge in [0.25, 0.3) is 5.91 Å². The molecule has 1 aromatic carbocycles. The average Bonchev–Trinajstić information content (AvgIpc) is 3.20. The number of imidazole rings is 1. The van der Waals surface area contributed by atoms with Gasteiger partial charge in [-0.15, -0.1) is 11.3 Å². The van der Waals surface area contributed by atoms with Gasteiger partial charge in [-0.05, 0) is 30.5 Å². The third-order valence-corrected chi connectivity index (χ3v) is 4.55. The topological polar surface area (TPSA) is 56.1 Å². The van der Waals surface area contributed by atoms with Gasteiger partial charge in [0.05, 0.1) is 28.6 Å². The van der Waals surface area contributed by atoms with E-state index < -0.39 is 0 Å². The van der Waals surface area contributed by atoms with Crippen LogP contribution in [-0.4, -0.2) is 29.2 Å². The first-order chi connectivity index (χ1) is 11.2. The Morgan fingerprint density at radius 2 is 2.17 bits per heavy atom. The Hall–Kier alpha value is -2.18. The molecule has 3 rings (SSSR count). The zero-order valence-electron chi connectivity index (χ0n) is 13.2. The number of rotatable bonds is 6. The average molecular weight is 329 g/mol. The lowest BCUT2D eigenvalue weighted by atomic mass is 10.3. The van der Waals surface area contributed by atoms with Gasteiger partial charge in [-0.3, -0.25) is 4.79 Å². The third kappa shape index (κ3) is 3.28. The van der Waals surface area contributed by atoms with Crippen LogP contribution in [0.1, 0.15) is 28.5 Å². The fourth-order valence-corrected chi connectivity index (χ4v) is 3.21. The van der Waals surface area contributed by atoms with Gasteiger partial charge in [0.15, 0.2) is 0 Å². The number of aromatic nitrogens is 2. The number of thiophene rings is 1. The summed E-state index contributed by atoms with van der Waals surface area (Å²) in [7, 11) is 1.68. The Morgan fingerprint density at radius 1 is 1.35 bits per heavy atom. The molecule has 0 saturated heterocycles. The summed E-state index contributed by atoms with van der Waals surface area (Å²) in [5, 5.41) is 4.92. The highest BCUT2D eigenvalue weighted by molar-refractivity contribution is 7.12. The molecule has 0 bridgehead atoms. The van der Waals surface area contributed by atoms with E-state index in [0.717, 1.165) is 16.9 Å². The molecule has 0 aliphatic rings. The van der Waals surface area contributed by atoms with Crippen molar-refractivity contribution in [3.63, 3.8) is 0 Å². The molecule has 2 heterocycles. The number of ether oxygens (including phenoxy) is 1. The van der Waals surface area contributed by atoms with Crippen LogP contribution in [0.4, 0.5) is 0 Å². The first-order valence-corrected chi connectivity index (χ1v) is 8.37. The molecule has 0 saturated carbocycles. The molecular weight excluding hydrogens is 310 g/mol. The van der Waals surface area contributed by atoms with Crippen molar-refractivity contribution in [2.45, 2.75) is 19.5 Å². The van der Waals surface area contributed by atoms with Gasteiger partial charge < -0.3 is 14.6 Å². The lowest BCUT2D eigenvalue weighted by Gasteiger charge is -2.15. The highest BCUT2D eigenvalue weighted by Gasteiger charge is 2.19. The van der Waals surface area contributed by atoms with Crippen molar-refractivity contribution in [1.29, 1.82) is 0 Å². The van der Waals surface area contributed by atoms with Crippen LogP contribution in [0.5, 0.6) is 0 Å². The fraction of sp³-hybridized carbons (Fsp3) is 0.294. The number of fused-ring (bicyclic) bond motifs is 1. The van der Waals surface area contributed by atoms with Crippen molar-refractivity contribution in [2.24, 2.45) is 0 Å². The quantitative estimate of drug-likeness (QED) is 0.755. The summed E-state index contributed by atoms with van der Waals surface area (Å²) in [6.45, 7) is 3.25. The molecule has 1 amide bonds. The molecule has 0 radical (unpaired) electrons. The Morgan fingerprint density at radius 3 is 2.91 bits per heavy atom. The summed E-state index contributed by atoms with van der Waals surface area (Å²) in [5.41, 5.74) is 1.98. The zero-order valence-corrected chi connectivity index (χ0v) is 14.0. The summed E-state index contributed by atoms with van der Waals surface area (Å²) < 4.78 is 7.31. The van der Waals surface area contributed by atoms with Crippen molar-refractivity contribution in [3.8, 4) is 0 Å². The van der Waals surface area contributed by atoms with Crippen LogP contribution < -0.4 is 5.32 Å². The number of hydrogen-bond acceptors (Lipinski definition) is 4. The maximum Gasteiger partial charge on any atom is 0.261 e. The van der Waals surface area contributed by atoms with E-state index in [0.29, 0.717) is 18.0 Å². The lowest BCUT2D eigenvalue weighted by molar-refractivity contribution is 0.0941. The highest BCUT2D eigenvalue weighted by Crippen LogP contribution is 2.21. The maximum absolute atomic E-state index is 12.3. The molecule has 0 spiro atoms. The molecule has 0 aliphatic carbocycles. The number of benzene rings is 1. The second kappa shape index (κ2) is 6.93. The Labute approximate surface area is 138 Å². The van der Waals surface area contributed by atoms with Crippen molar-refractivity contribution < 1.29 is 9.53 Å². The highest BCUT2D eigenvalue weighted by atomic mass is 32.1. The summed E-state index contributed by atoms with van der Waals surface area (Å²) in [5.74, 6) is 0.769. The zero-order chi connectivity index (χ0) is 16.2. The van der Waals surface area contributed by atoms with Crippen LogP contribution in [0.3, 0.4) is 0 Å². The minimum atomic E-state index is -0.186. The van der Waals surface area contributed by atoms with Crippen molar-refractivity contribution >= 4 is 28.3 Å². The van der Waals surface area contributed by atoms with Gasteiger partial charge >= 0.3 is 0 Å². The standard InChI is InChI=1S/C17H19N3O2S/c1-12(18-17(21)15-8-5-11-23-15)16-19-13-6-3-4-7-14(13)20(16)9-10-22-2/h3-8,11-12H,9-10H2,1-2H3,(H,18,21). The molecule has 5 nitrogen and oxygen atoms in total. The van der Waals surface area contributed by atoms with E-state index in [2.05, 4.69) is 9.88 Å². The second-order valence-corrected chi connectivity index (χ2v) is 6.22. The van der Waals surface area contributed by atoms with E-state index in [1.807, 2.05) is 48.7 Å². The van der Waals surface area contributed by atoms with Crippen LogP contribution in [0.25, 0.3) is 11.0 Å². The Bertz CT molecular complexity index is 795. The molecule has 6 heteroatoms. The summed E-state index contributed by atoms with van der Waals surface area (Å²) in [4.78, 5) is 17.7. The van der Waals surface area contributed by atoms with Gasteiger partial charge in [-0.2, -0.15) is 0 Å². The SMILES string of the molecule is COCCn1c(C(C)NC(=O)c2cccs2)nc2ccccc21. The van der Waals surface area contributed by atoms with Crippen molar-refractivity contribution in [2.75, 3.05) is 13.7 Å². The molecule has 1 atom stereocenters. The molecular formula is C17H19N3O2S. The van der Waals surface area contributed by atoms with Crippen molar-refractivity contribution in [1.82, 2.24) is 14.9 Å². The molecule has 1 unspecified atom stereocenters. The number of nitrogens with one attached hydrogen (secondary N) is 1. The van der Waals surface area contributed by atoms with Gasteiger partial charge in [0.2, 0.25) is 0 Å². The largest absolute Gasteiger partial charge is 0.383 e. The number of amides is 1. The number of hydrogen-bond donors (Lipinski definition) is 1. The first kappa shape index (κ1) is 15.7. The van der Waals surface area contributed by atoms with Crippen LogP contribution in [0, 0.1) is 0 Å². The van der Waals surface area contributed by atoms with Gasteiger partial charge in [-0.25, -0.2) is 4.98 Å².